The second-order valence-corrected chi connectivity index (χ2v) is 7.56. The molecule has 0 saturated heterocycles. The molecule has 0 fully saturated rings. The Morgan fingerprint density at radius 1 is 0.929 bits per heavy atom. The van der Waals surface area contributed by atoms with Gasteiger partial charge in [-0.05, 0) is 53.1 Å². The molecule has 0 bridgehead atoms. The molecule has 0 aliphatic heterocycles. The van der Waals surface area contributed by atoms with Crippen molar-refractivity contribution in [3.05, 3.63) is 71.2 Å². The normalized spacial score (nSPS) is 11.2. The molecule has 9 heteroatoms. The van der Waals surface area contributed by atoms with E-state index in [1.807, 2.05) is 0 Å². The van der Waals surface area contributed by atoms with Gasteiger partial charge in [-0.3, -0.25) is 14.6 Å². The van der Waals surface area contributed by atoms with Gasteiger partial charge < -0.3 is 16.0 Å². The van der Waals surface area contributed by atoms with Crippen LogP contribution in [-0.2, 0) is 4.57 Å². The molecule has 28 heavy (non-hydrogen) atoms. The molecule has 0 unspecified atom stereocenters. The summed E-state index contributed by atoms with van der Waals surface area (Å²) in [5, 5.41) is 0.579. The molecule has 3 aromatic carbocycles. The third-order valence-corrected chi connectivity index (χ3v) is 4.71. The Bertz CT molecular complexity index is 1080. The van der Waals surface area contributed by atoms with Crippen LogP contribution in [0.4, 0.5) is 5.69 Å². The van der Waals surface area contributed by atoms with Gasteiger partial charge in [-0.1, -0.05) is 35.9 Å². The predicted molar refractivity (Wildman–Crippen MR) is 108 cm³/mol. The lowest BCUT2D eigenvalue weighted by atomic mass is 9.94. The number of anilines is 1. The molecule has 0 saturated carbocycles. The number of phosphoric ester groups is 1. The van der Waals surface area contributed by atoms with Gasteiger partial charge in [0, 0.05) is 10.6 Å². The first-order chi connectivity index (χ1) is 13.1. The highest BCUT2D eigenvalue weighted by atomic mass is 35.5. The van der Waals surface area contributed by atoms with E-state index in [0.717, 1.165) is 5.56 Å². The van der Waals surface area contributed by atoms with Crippen molar-refractivity contribution in [3.63, 3.8) is 0 Å². The van der Waals surface area contributed by atoms with Crippen molar-refractivity contribution in [1.29, 1.82) is 0 Å². The first-order valence-corrected chi connectivity index (χ1v) is 9.90. The zero-order valence-electron chi connectivity index (χ0n) is 14.4. The van der Waals surface area contributed by atoms with Gasteiger partial charge >= 0.3 is 7.82 Å². The number of hydrogen-bond acceptors (Lipinski definition) is 4. The molecule has 3 rings (SSSR count). The minimum absolute atomic E-state index is 0.000338. The summed E-state index contributed by atoms with van der Waals surface area (Å²) in [6, 6.07) is 16.4. The molecule has 1 amide bonds. The maximum absolute atomic E-state index is 11.9. The molecule has 0 aliphatic rings. The Hall–Kier alpha value is -2.83. The summed E-state index contributed by atoms with van der Waals surface area (Å²) >= 11 is 5.93. The summed E-state index contributed by atoms with van der Waals surface area (Å²) in [5.41, 5.74) is 14.7. The van der Waals surface area contributed by atoms with Crippen molar-refractivity contribution in [2.75, 3.05) is 5.73 Å². The van der Waals surface area contributed by atoms with Crippen molar-refractivity contribution in [2.45, 2.75) is 0 Å². The summed E-state index contributed by atoms with van der Waals surface area (Å²) in [6.07, 6.45) is 0. The van der Waals surface area contributed by atoms with Gasteiger partial charge in [-0.2, -0.15) is 0 Å². The van der Waals surface area contributed by atoms with E-state index >= 15 is 0 Å². The van der Waals surface area contributed by atoms with Crippen LogP contribution >= 0.6 is 19.4 Å². The molecular weight excluding hydrogens is 403 g/mol. The SMILES string of the molecule is NC(=O)c1cc(-c2ccc(Cl)cc2)cc(-c2ccc(OP(=O)(O)O)cc2)c1N. The smallest absolute Gasteiger partial charge is 0.404 e. The zero-order valence-corrected chi connectivity index (χ0v) is 16.0. The lowest BCUT2D eigenvalue weighted by Gasteiger charge is -2.14. The summed E-state index contributed by atoms with van der Waals surface area (Å²) in [6.45, 7) is 0. The molecule has 3 aromatic rings. The van der Waals surface area contributed by atoms with Crippen LogP contribution in [0.25, 0.3) is 22.3 Å². The fraction of sp³-hybridized carbons (Fsp3) is 0. The molecule has 0 atom stereocenters. The Morgan fingerprint density at radius 2 is 1.50 bits per heavy atom. The topological polar surface area (TPSA) is 136 Å². The number of phosphoric acid groups is 1. The maximum atomic E-state index is 11.9. The fourth-order valence-electron chi connectivity index (χ4n) is 2.74. The summed E-state index contributed by atoms with van der Waals surface area (Å²) in [4.78, 5) is 29.6. The lowest BCUT2D eigenvalue weighted by Crippen LogP contribution is -2.14. The molecule has 0 aliphatic carbocycles. The highest BCUT2D eigenvalue weighted by Crippen LogP contribution is 2.39. The van der Waals surface area contributed by atoms with Crippen LogP contribution < -0.4 is 16.0 Å². The van der Waals surface area contributed by atoms with Crippen LogP contribution in [0.5, 0.6) is 5.75 Å². The first kappa shape index (κ1) is 19.9. The number of carbonyl (C=O) groups is 1. The van der Waals surface area contributed by atoms with Crippen LogP contribution in [0.2, 0.25) is 5.02 Å². The van der Waals surface area contributed by atoms with Crippen molar-refractivity contribution in [1.82, 2.24) is 0 Å². The van der Waals surface area contributed by atoms with E-state index in [2.05, 4.69) is 4.52 Å². The van der Waals surface area contributed by atoms with E-state index < -0.39 is 13.7 Å². The molecule has 7 nitrogen and oxygen atoms in total. The van der Waals surface area contributed by atoms with Gasteiger partial charge in [-0.15, -0.1) is 0 Å². The van der Waals surface area contributed by atoms with Gasteiger partial charge in [0.2, 0.25) is 0 Å². The molecule has 0 aromatic heterocycles. The molecular formula is C19H16ClN2O5P. The number of nitrogen functional groups attached to an aromatic ring is 1. The van der Waals surface area contributed by atoms with E-state index in [-0.39, 0.29) is 17.0 Å². The molecule has 6 N–H and O–H groups in total. The number of primary amides is 1. The number of hydrogen-bond donors (Lipinski definition) is 4. The predicted octanol–water partition coefficient (Wildman–Crippen LogP) is 3.83. The monoisotopic (exact) mass is 418 g/mol. The van der Waals surface area contributed by atoms with Gasteiger partial charge in [-0.25, -0.2) is 4.57 Å². The first-order valence-electron chi connectivity index (χ1n) is 7.99. The van der Waals surface area contributed by atoms with Gasteiger partial charge in [0.1, 0.15) is 5.75 Å². The number of halogens is 1. The third kappa shape index (κ3) is 4.52. The van der Waals surface area contributed by atoms with Gasteiger partial charge in [0.15, 0.2) is 0 Å². The van der Waals surface area contributed by atoms with Gasteiger partial charge in [0.25, 0.3) is 5.91 Å². The average molecular weight is 419 g/mol. The average Bonchev–Trinajstić information content (AvgIpc) is 2.62. The number of nitrogens with two attached hydrogens (primary N) is 2. The lowest BCUT2D eigenvalue weighted by molar-refractivity contribution is 0.100. The fourth-order valence-corrected chi connectivity index (χ4v) is 3.26. The van der Waals surface area contributed by atoms with Crippen molar-refractivity contribution >= 4 is 31.0 Å². The van der Waals surface area contributed by atoms with Crippen LogP contribution in [0.15, 0.2) is 60.7 Å². The summed E-state index contributed by atoms with van der Waals surface area (Å²) in [5.74, 6) is -0.671. The van der Waals surface area contributed by atoms with Crippen LogP contribution in [0.1, 0.15) is 10.4 Å². The molecule has 0 heterocycles. The van der Waals surface area contributed by atoms with Crippen molar-refractivity contribution < 1.29 is 23.7 Å². The Kier molecular flexibility index (Phi) is 5.45. The number of benzene rings is 3. The van der Waals surface area contributed by atoms with Crippen molar-refractivity contribution in [3.8, 4) is 28.0 Å². The quantitative estimate of drug-likeness (QED) is 0.367. The minimum Gasteiger partial charge on any atom is -0.404 e. The molecule has 0 radical (unpaired) electrons. The second kappa shape index (κ2) is 7.66. The Morgan fingerprint density at radius 3 is 2.04 bits per heavy atom. The van der Waals surface area contributed by atoms with Crippen molar-refractivity contribution in [2.24, 2.45) is 5.73 Å². The highest BCUT2D eigenvalue weighted by Gasteiger charge is 2.17. The third-order valence-electron chi connectivity index (χ3n) is 4.01. The molecule has 0 spiro atoms. The highest BCUT2D eigenvalue weighted by molar-refractivity contribution is 7.46. The van der Waals surface area contributed by atoms with E-state index in [9.17, 15) is 9.36 Å². The van der Waals surface area contributed by atoms with Gasteiger partial charge in [0.05, 0.1) is 11.3 Å². The van der Waals surface area contributed by atoms with Crippen LogP contribution in [0.3, 0.4) is 0 Å². The Labute approximate surface area is 165 Å². The maximum Gasteiger partial charge on any atom is 0.524 e. The van der Waals surface area contributed by atoms with E-state index in [1.54, 1.807) is 48.5 Å². The minimum atomic E-state index is -4.65. The zero-order chi connectivity index (χ0) is 20.5. The largest absolute Gasteiger partial charge is 0.524 e. The second-order valence-electron chi connectivity index (χ2n) is 5.96. The number of carbonyl (C=O) groups excluding carboxylic acids is 1. The van der Waals surface area contributed by atoms with Crippen LogP contribution in [-0.4, -0.2) is 15.7 Å². The summed E-state index contributed by atoms with van der Waals surface area (Å²) in [7, 11) is -4.65. The standard InChI is InChI=1S/C19H16ClN2O5P/c20-14-5-1-11(2-6-14)13-9-16(18(21)17(10-13)19(22)23)12-3-7-15(8-4-12)27-28(24,25)26/h1-10H,21H2,(H2,22,23)(H2,24,25,26). The van der Waals surface area contributed by atoms with E-state index in [1.165, 1.54) is 12.1 Å². The molecule has 144 valence electrons. The van der Waals surface area contributed by atoms with E-state index in [4.69, 9.17) is 32.9 Å². The van der Waals surface area contributed by atoms with Crippen LogP contribution in [0, 0.1) is 0 Å². The Balaban J connectivity index is 2.10. The van der Waals surface area contributed by atoms with E-state index in [0.29, 0.717) is 21.7 Å². The number of rotatable bonds is 5. The summed E-state index contributed by atoms with van der Waals surface area (Å²) < 4.78 is 15.5. The number of amides is 1.